The molecule has 0 N–H and O–H groups in total. The Morgan fingerprint density at radius 3 is 2.88 bits per heavy atom. The Bertz CT molecular complexity index is 448. The van der Waals surface area contributed by atoms with Crippen LogP contribution in [0.3, 0.4) is 0 Å². The molecule has 0 bridgehead atoms. The molecule has 1 heterocycles. The lowest BCUT2D eigenvalue weighted by Gasteiger charge is -2.07. The highest BCUT2D eigenvalue weighted by atomic mass is 16.5. The smallest absolute Gasteiger partial charge is 0.145 e. The van der Waals surface area contributed by atoms with Crippen LogP contribution in [0.5, 0.6) is 5.75 Å². The van der Waals surface area contributed by atoms with E-state index >= 15 is 0 Å². The van der Waals surface area contributed by atoms with Crippen LogP contribution >= 0.6 is 0 Å². The second-order valence-electron chi connectivity index (χ2n) is 3.74. The maximum atomic E-state index is 5.73. The molecular formula is C14H16NO. The number of nitrogens with zero attached hydrogens (tertiary/aromatic N) is 1. The average Bonchev–Trinajstić information content (AvgIpc) is 2.35. The first-order chi connectivity index (χ1) is 7.92. The van der Waals surface area contributed by atoms with Gasteiger partial charge in [-0.15, -0.1) is 0 Å². The van der Waals surface area contributed by atoms with Crippen LogP contribution < -0.4 is 4.74 Å². The number of unbranched alkanes of at least 4 members (excludes halogenated alkanes) is 2. The van der Waals surface area contributed by atoms with Gasteiger partial charge in [0.05, 0.1) is 6.61 Å². The highest BCUT2D eigenvalue weighted by Crippen LogP contribution is 2.22. The van der Waals surface area contributed by atoms with Crippen molar-refractivity contribution in [1.29, 1.82) is 0 Å². The average molecular weight is 214 g/mol. The Morgan fingerprint density at radius 1 is 1.12 bits per heavy atom. The molecule has 0 saturated carbocycles. The van der Waals surface area contributed by atoms with Crippen molar-refractivity contribution in [3.8, 4) is 5.75 Å². The first kappa shape index (κ1) is 10.9. The Hall–Kier alpha value is -1.57. The predicted octanol–water partition coefficient (Wildman–Crippen LogP) is 3.62. The fourth-order valence-electron chi connectivity index (χ4n) is 1.65. The molecule has 0 unspecified atom stereocenters. The Morgan fingerprint density at radius 2 is 2.00 bits per heavy atom. The van der Waals surface area contributed by atoms with Gasteiger partial charge in [-0.3, -0.25) is 4.98 Å². The van der Waals surface area contributed by atoms with Crippen LogP contribution in [0, 0.1) is 6.92 Å². The van der Waals surface area contributed by atoms with Crippen molar-refractivity contribution in [2.45, 2.75) is 19.3 Å². The summed E-state index contributed by atoms with van der Waals surface area (Å²) >= 11 is 0. The number of fused-ring (bicyclic) bond motifs is 1. The van der Waals surface area contributed by atoms with E-state index < -0.39 is 0 Å². The molecule has 2 aromatic rings. The number of hydrogen-bond acceptors (Lipinski definition) is 2. The maximum Gasteiger partial charge on any atom is 0.145 e. The second kappa shape index (κ2) is 5.50. The standard InChI is InChI=1S/C14H16NO/c1-2-3-4-11-16-13-9-5-7-12-8-6-10-15-14(12)13/h5-10H,1-4,11H2. The molecule has 1 aromatic heterocycles. The van der Waals surface area contributed by atoms with Gasteiger partial charge in [0.25, 0.3) is 0 Å². The molecule has 16 heavy (non-hydrogen) atoms. The summed E-state index contributed by atoms with van der Waals surface area (Å²) in [5.41, 5.74) is 0.944. The molecule has 0 spiro atoms. The van der Waals surface area contributed by atoms with Crippen molar-refractivity contribution in [2.75, 3.05) is 6.61 Å². The molecule has 0 fully saturated rings. The van der Waals surface area contributed by atoms with Crippen LogP contribution in [-0.2, 0) is 0 Å². The lowest BCUT2D eigenvalue weighted by atomic mass is 10.2. The van der Waals surface area contributed by atoms with E-state index in [-0.39, 0.29) is 0 Å². The fourth-order valence-corrected chi connectivity index (χ4v) is 1.65. The minimum absolute atomic E-state index is 0.741. The van der Waals surface area contributed by atoms with Crippen molar-refractivity contribution in [3.63, 3.8) is 0 Å². The zero-order valence-corrected chi connectivity index (χ0v) is 9.36. The maximum absolute atomic E-state index is 5.73. The lowest BCUT2D eigenvalue weighted by molar-refractivity contribution is 0.310. The van der Waals surface area contributed by atoms with Crippen molar-refractivity contribution in [3.05, 3.63) is 43.5 Å². The van der Waals surface area contributed by atoms with Gasteiger partial charge in [0.2, 0.25) is 0 Å². The number of para-hydroxylation sites is 1. The Balaban J connectivity index is 2.11. The third kappa shape index (κ3) is 2.51. The first-order valence-corrected chi connectivity index (χ1v) is 5.67. The fraction of sp³-hybridized carbons (Fsp3) is 0.286. The number of ether oxygens (including phenoxy) is 1. The van der Waals surface area contributed by atoms with E-state index in [1.165, 1.54) is 0 Å². The summed E-state index contributed by atoms with van der Waals surface area (Å²) in [5, 5.41) is 1.12. The van der Waals surface area contributed by atoms with Crippen LogP contribution in [0.1, 0.15) is 19.3 Å². The van der Waals surface area contributed by atoms with Gasteiger partial charge in [0.15, 0.2) is 0 Å². The molecular weight excluding hydrogens is 198 g/mol. The van der Waals surface area contributed by atoms with Crippen LogP contribution in [0.2, 0.25) is 0 Å². The molecule has 83 valence electrons. The zero-order chi connectivity index (χ0) is 11.2. The molecule has 0 aliphatic heterocycles. The van der Waals surface area contributed by atoms with E-state index in [0.717, 1.165) is 42.5 Å². The number of pyridine rings is 1. The summed E-state index contributed by atoms with van der Waals surface area (Å²) in [6.07, 6.45) is 4.92. The van der Waals surface area contributed by atoms with Crippen molar-refractivity contribution < 1.29 is 4.74 Å². The molecule has 0 amide bonds. The Labute approximate surface area is 96.3 Å². The van der Waals surface area contributed by atoms with Crippen LogP contribution in [0.25, 0.3) is 10.9 Å². The molecule has 2 rings (SSSR count). The van der Waals surface area contributed by atoms with Crippen molar-refractivity contribution >= 4 is 10.9 Å². The largest absolute Gasteiger partial charge is 0.491 e. The summed E-state index contributed by atoms with van der Waals surface area (Å²) in [4.78, 5) is 4.34. The number of hydrogen-bond donors (Lipinski definition) is 0. The summed E-state index contributed by atoms with van der Waals surface area (Å²) < 4.78 is 5.73. The van der Waals surface area contributed by atoms with E-state index in [4.69, 9.17) is 4.74 Å². The molecule has 0 aliphatic rings. The molecule has 1 aromatic carbocycles. The molecule has 1 radical (unpaired) electrons. The summed E-state index contributed by atoms with van der Waals surface area (Å²) in [7, 11) is 0. The van der Waals surface area contributed by atoms with Crippen LogP contribution in [-0.4, -0.2) is 11.6 Å². The highest BCUT2D eigenvalue weighted by Gasteiger charge is 2.01. The van der Waals surface area contributed by atoms with E-state index in [0.29, 0.717) is 0 Å². The summed E-state index contributed by atoms with van der Waals surface area (Å²) in [6.45, 7) is 4.55. The van der Waals surface area contributed by atoms with Gasteiger partial charge in [-0.25, -0.2) is 0 Å². The lowest BCUT2D eigenvalue weighted by Crippen LogP contribution is -1.98. The number of rotatable bonds is 5. The summed E-state index contributed by atoms with van der Waals surface area (Å²) in [5.74, 6) is 0.877. The zero-order valence-electron chi connectivity index (χ0n) is 9.36. The van der Waals surface area contributed by atoms with E-state index in [2.05, 4.69) is 11.9 Å². The van der Waals surface area contributed by atoms with Crippen molar-refractivity contribution in [2.24, 2.45) is 0 Å². The molecule has 2 nitrogen and oxygen atoms in total. The van der Waals surface area contributed by atoms with Crippen LogP contribution in [0.4, 0.5) is 0 Å². The highest BCUT2D eigenvalue weighted by molar-refractivity contribution is 5.84. The molecule has 0 saturated heterocycles. The predicted molar refractivity (Wildman–Crippen MR) is 66.4 cm³/mol. The van der Waals surface area contributed by atoms with Gasteiger partial charge in [-0.2, -0.15) is 0 Å². The first-order valence-electron chi connectivity index (χ1n) is 5.67. The van der Waals surface area contributed by atoms with Crippen molar-refractivity contribution in [1.82, 2.24) is 4.98 Å². The SMILES string of the molecule is [CH2]CCCCOc1cccc2cccnc12. The molecule has 0 atom stereocenters. The van der Waals surface area contributed by atoms with Gasteiger partial charge in [-0.05, 0) is 18.6 Å². The third-order valence-corrected chi connectivity index (χ3v) is 2.50. The van der Waals surface area contributed by atoms with E-state index in [1.807, 2.05) is 30.3 Å². The normalized spacial score (nSPS) is 10.6. The van der Waals surface area contributed by atoms with Gasteiger partial charge < -0.3 is 4.74 Å². The third-order valence-electron chi connectivity index (χ3n) is 2.50. The molecule has 2 heteroatoms. The monoisotopic (exact) mass is 214 g/mol. The minimum Gasteiger partial charge on any atom is -0.491 e. The second-order valence-corrected chi connectivity index (χ2v) is 3.74. The van der Waals surface area contributed by atoms with Gasteiger partial charge in [-0.1, -0.05) is 38.0 Å². The minimum atomic E-state index is 0.741. The van der Waals surface area contributed by atoms with E-state index in [9.17, 15) is 0 Å². The van der Waals surface area contributed by atoms with Gasteiger partial charge in [0, 0.05) is 11.6 Å². The quantitative estimate of drug-likeness (QED) is 0.709. The number of benzene rings is 1. The summed E-state index contributed by atoms with van der Waals surface area (Å²) in [6, 6.07) is 10.0. The molecule has 0 aliphatic carbocycles. The van der Waals surface area contributed by atoms with E-state index in [1.54, 1.807) is 6.20 Å². The topological polar surface area (TPSA) is 22.1 Å². The van der Waals surface area contributed by atoms with Crippen LogP contribution in [0.15, 0.2) is 36.5 Å². The van der Waals surface area contributed by atoms with Gasteiger partial charge >= 0.3 is 0 Å². The number of aromatic nitrogens is 1. The Kier molecular flexibility index (Phi) is 3.76. The van der Waals surface area contributed by atoms with Gasteiger partial charge in [0.1, 0.15) is 11.3 Å².